The number of rotatable bonds is 7. The Labute approximate surface area is 119 Å². The smallest absolute Gasteiger partial charge is 0.123 e. The van der Waals surface area contributed by atoms with Crippen molar-refractivity contribution in [1.82, 2.24) is 5.32 Å². The van der Waals surface area contributed by atoms with Gasteiger partial charge in [0.2, 0.25) is 0 Å². The van der Waals surface area contributed by atoms with Crippen LogP contribution in [0.15, 0.2) is 23.1 Å². The van der Waals surface area contributed by atoms with Crippen molar-refractivity contribution in [3.05, 3.63) is 29.6 Å². The van der Waals surface area contributed by atoms with Gasteiger partial charge in [0.05, 0.1) is 6.10 Å². The van der Waals surface area contributed by atoms with Crippen LogP contribution in [0.1, 0.15) is 33.3 Å². The summed E-state index contributed by atoms with van der Waals surface area (Å²) in [5.41, 5.74) is 0.957. The third-order valence-electron chi connectivity index (χ3n) is 2.88. The van der Waals surface area contributed by atoms with E-state index in [1.54, 1.807) is 30.8 Å². The second-order valence-corrected chi connectivity index (χ2v) is 6.76. The number of benzene rings is 1. The van der Waals surface area contributed by atoms with E-state index in [9.17, 15) is 9.50 Å². The van der Waals surface area contributed by atoms with E-state index < -0.39 is 0 Å². The van der Waals surface area contributed by atoms with Crippen molar-refractivity contribution in [2.24, 2.45) is 5.92 Å². The fourth-order valence-electron chi connectivity index (χ4n) is 1.60. The van der Waals surface area contributed by atoms with Crippen LogP contribution in [-0.2, 0) is 6.54 Å². The Morgan fingerprint density at radius 3 is 2.53 bits per heavy atom. The molecule has 2 atom stereocenters. The molecule has 0 spiro atoms. The molecule has 0 aliphatic rings. The van der Waals surface area contributed by atoms with E-state index in [4.69, 9.17) is 0 Å². The lowest BCUT2D eigenvalue weighted by Gasteiger charge is -2.17. The van der Waals surface area contributed by atoms with Crippen LogP contribution in [0.2, 0.25) is 0 Å². The van der Waals surface area contributed by atoms with Gasteiger partial charge < -0.3 is 10.4 Å². The van der Waals surface area contributed by atoms with Crippen molar-refractivity contribution in [1.29, 1.82) is 0 Å². The van der Waals surface area contributed by atoms with Crippen molar-refractivity contribution in [2.45, 2.75) is 50.5 Å². The van der Waals surface area contributed by atoms with Crippen LogP contribution in [0.5, 0.6) is 0 Å². The monoisotopic (exact) mass is 285 g/mol. The largest absolute Gasteiger partial charge is 0.392 e. The maximum atomic E-state index is 13.3. The summed E-state index contributed by atoms with van der Waals surface area (Å²) in [6.07, 6.45) is -0.383. The summed E-state index contributed by atoms with van der Waals surface area (Å²) in [6, 6.07) is 4.85. The molecule has 0 aliphatic heterocycles. The molecule has 4 heteroatoms. The van der Waals surface area contributed by atoms with Crippen LogP contribution in [0.3, 0.4) is 0 Å². The van der Waals surface area contributed by atoms with Crippen molar-refractivity contribution in [2.75, 3.05) is 6.54 Å². The second kappa shape index (κ2) is 7.88. The van der Waals surface area contributed by atoms with E-state index in [0.29, 0.717) is 12.5 Å². The predicted molar refractivity (Wildman–Crippen MR) is 79.9 cm³/mol. The zero-order valence-electron chi connectivity index (χ0n) is 12.1. The van der Waals surface area contributed by atoms with Crippen molar-refractivity contribution in [3.63, 3.8) is 0 Å². The minimum atomic E-state index is -0.383. The van der Waals surface area contributed by atoms with Crippen LogP contribution in [0, 0.1) is 11.7 Å². The molecule has 0 saturated heterocycles. The summed E-state index contributed by atoms with van der Waals surface area (Å²) >= 11 is 1.59. The fraction of sp³-hybridized carbons (Fsp3) is 0.600. The quantitative estimate of drug-likeness (QED) is 0.753. The molecule has 0 saturated carbocycles. The minimum absolute atomic E-state index is 0.0920. The number of thioether (sulfide) groups is 1. The third kappa shape index (κ3) is 5.93. The molecule has 2 nitrogen and oxygen atoms in total. The van der Waals surface area contributed by atoms with E-state index in [-0.39, 0.29) is 17.2 Å². The van der Waals surface area contributed by atoms with Gasteiger partial charge in [-0.2, -0.15) is 0 Å². The summed E-state index contributed by atoms with van der Waals surface area (Å²) in [4.78, 5) is 1.03. The molecular formula is C15H24FNOS. The molecule has 1 aromatic carbocycles. The zero-order chi connectivity index (χ0) is 14.4. The Bertz CT molecular complexity index is 396. The number of aliphatic hydroxyl groups is 1. The predicted octanol–water partition coefficient (Wildman–Crippen LogP) is 3.43. The first-order chi connectivity index (χ1) is 8.90. The van der Waals surface area contributed by atoms with Crippen LogP contribution in [0.25, 0.3) is 0 Å². The van der Waals surface area contributed by atoms with Gasteiger partial charge in [-0.25, -0.2) is 4.39 Å². The van der Waals surface area contributed by atoms with Crippen LogP contribution >= 0.6 is 11.8 Å². The van der Waals surface area contributed by atoms with Gasteiger partial charge in [-0.15, -0.1) is 11.8 Å². The molecule has 0 heterocycles. The Morgan fingerprint density at radius 2 is 1.95 bits per heavy atom. The van der Waals surface area contributed by atoms with Crippen LogP contribution in [-0.4, -0.2) is 23.0 Å². The number of nitrogens with one attached hydrogen (secondary N) is 1. The van der Waals surface area contributed by atoms with E-state index in [2.05, 4.69) is 19.2 Å². The summed E-state index contributed by atoms with van der Waals surface area (Å²) in [5, 5.41) is 13.0. The highest BCUT2D eigenvalue weighted by molar-refractivity contribution is 8.00. The Balaban J connectivity index is 2.73. The van der Waals surface area contributed by atoms with Gasteiger partial charge in [0.25, 0.3) is 0 Å². The standard InChI is InChI=1S/C15H24FNOS/c1-10(2)8-17-9-13-7-14(16)5-6-15(13)19-12(4)11(3)18/h5-7,10-12,17-18H,8-9H2,1-4H3. The van der Waals surface area contributed by atoms with Crippen molar-refractivity contribution < 1.29 is 9.50 Å². The minimum Gasteiger partial charge on any atom is -0.392 e. The Hall–Kier alpha value is -0.580. The zero-order valence-corrected chi connectivity index (χ0v) is 12.9. The molecule has 1 aromatic rings. The molecular weight excluding hydrogens is 261 g/mol. The Morgan fingerprint density at radius 1 is 1.26 bits per heavy atom. The van der Waals surface area contributed by atoms with E-state index in [1.807, 2.05) is 6.92 Å². The van der Waals surface area contributed by atoms with Gasteiger partial charge in [0.15, 0.2) is 0 Å². The van der Waals surface area contributed by atoms with Gasteiger partial charge in [0.1, 0.15) is 5.82 Å². The van der Waals surface area contributed by atoms with Crippen LogP contribution in [0.4, 0.5) is 4.39 Å². The maximum absolute atomic E-state index is 13.3. The van der Waals surface area contributed by atoms with Crippen molar-refractivity contribution >= 4 is 11.8 Å². The van der Waals surface area contributed by atoms with Crippen molar-refractivity contribution in [3.8, 4) is 0 Å². The number of hydrogen-bond donors (Lipinski definition) is 2. The first-order valence-corrected chi connectivity index (χ1v) is 7.62. The molecule has 0 amide bonds. The summed E-state index contributed by atoms with van der Waals surface area (Å²) in [6.45, 7) is 9.60. The van der Waals surface area contributed by atoms with Gasteiger partial charge >= 0.3 is 0 Å². The first-order valence-electron chi connectivity index (χ1n) is 6.74. The maximum Gasteiger partial charge on any atom is 0.123 e. The average Bonchev–Trinajstić information content (AvgIpc) is 2.31. The molecule has 0 bridgehead atoms. The number of hydrogen-bond acceptors (Lipinski definition) is 3. The van der Waals surface area contributed by atoms with Crippen LogP contribution < -0.4 is 5.32 Å². The molecule has 0 aliphatic carbocycles. The fourth-order valence-corrected chi connectivity index (χ4v) is 2.62. The van der Waals surface area contributed by atoms with E-state index in [0.717, 1.165) is 17.0 Å². The summed E-state index contributed by atoms with van der Waals surface area (Å²) in [7, 11) is 0. The average molecular weight is 285 g/mol. The molecule has 2 N–H and O–H groups in total. The highest BCUT2D eigenvalue weighted by Gasteiger charge is 2.13. The normalized spacial score (nSPS) is 14.7. The van der Waals surface area contributed by atoms with Gasteiger partial charge in [-0.05, 0) is 43.1 Å². The number of aliphatic hydroxyl groups excluding tert-OH is 1. The lowest BCUT2D eigenvalue weighted by molar-refractivity contribution is 0.196. The molecule has 0 radical (unpaired) electrons. The Kier molecular flexibility index (Phi) is 6.83. The molecule has 0 fully saturated rings. The van der Waals surface area contributed by atoms with Gasteiger partial charge in [0, 0.05) is 16.7 Å². The summed E-state index contributed by atoms with van der Waals surface area (Å²) < 4.78 is 13.3. The SMILES string of the molecule is CC(C)CNCc1cc(F)ccc1SC(C)C(C)O. The molecule has 108 valence electrons. The lowest BCUT2D eigenvalue weighted by Crippen LogP contribution is -2.20. The number of halogens is 1. The van der Waals surface area contributed by atoms with E-state index in [1.165, 1.54) is 6.07 Å². The topological polar surface area (TPSA) is 32.3 Å². The third-order valence-corrected chi connectivity index (χ3v) is 4.30. The molecule has 2 unspecified atom stereocenters. The molecule has 0 aromatic heterocycles. The highest BCUT2D eigenvalue weighted by atomic mass is 32.2. The highest BCUT2D eigenvalue weighted by Crippen LogP contribution is 2.29. The molecule has 1 rings (SSSR count). The van der Waals surface area contributed by atoms with Gasteiger partial charge in [-0.1, -0.05) is 20.8 Å². The lowest BCUT2D eigenvalue weighted by atomic mass is 10.2. The second-order valence-electron chi connectivity index (χ2n) is 5.34. The first kappa shape index (κ1) is 16.5. The summed E-state index contributed by atoms with van der Waals surface area (Å²) in [5.74, 6) is 0.358. The molecule has 19 heavy (non-hydrogen) atoms. The van der Waals surface area contributed by atoms with Gasteiger partial charge in [-0.3, -0.25) is 0 Å². The van der Waals surface area contributed by atoms with E-state index >= 15 is 0 Å².